The Balaban J connectivity index is 2.39. The largest absolute Gasteiger partial charge is 0.511 e. The molecule has 3 aliphatic carbocycles. The van der Waals surface area contributed by atoms with E-state index in [9.17, 15) is 14.7 Å². The molecule has 158 valence electrons. The first-order valence-corrected chi connectivity index (χ1v) is 9.95. The second-order valence-electron chi connectivity index (χ2n) is 8.53. The van der Waals surface area contributed by atoms with E-state index in [1.165, 1.54) is 20.3 Å². The zero-order chi connectivity index (χ0) is 22.4. The molecule has 0 aromatic heterocycles. The number of rotatable bonds is 3. The quantitative estimate of drug-likeness (QED) is 0.551. The zero-order valence-electron chi connectivity index (χ0n) is 18.2. The molecule has 31 heavy (non-hydrogen) atoms. The molecule has 1 N–H and O–H groups in total. The number of ether oxygens (including phenoxy) is 3. The minimum Gasteiger partial charge on any atom is -0.511 e. The fourth-order valence-corrected chi connectivity index (χ4v) is 5.14. The molecule has 0 unspecified atom stereocenters. The van der Waals surface area contributed by atoms with Crippen LogP contribution in [0, 0.1) is 17.4 Å². The van der Waals surface area contributed by atoms with Crippen molar-refractivity contribution in [3.63, 3.8) is 0 Å². The van der Waals surface area contributed by atoms with Gasteiger partial charge in [0.2, 0.25) is 5.43 Å². The minimum atomic E-state index is -0.812. The maximum absolute atomic E-state index is 13.7. The van der Waals surface area contributed by atoms with Crippen molar-refractivity contribution in [3.05, 3.63) is 65.4 Å². The topological polar surface area (TPSA) is 82.1 Å². The summed E-state index contributed by atoms with van der Waals surface area (Å²) in [5.74, 6) is 1.30. The van der Waals surface area contributed by atoms with Crippen molar-refractivity contribution >= 4 is 27.3 Å². The van der Waals surface area contributed by atoms with E-state index in [1.54, 1.807) is 13.2 Å². The van der Waals surface area contributed by atoms with Gasteiger partial charge in [0, 0.05) is 27.5 Å². The molecule has 0 bridgehead atoms. The van der Waals surface area contributed by atoms with Crippen molar-refractivity contribution in [2.45, 2.75) is 26.2 Å². The lowest BCUT2D eigenvalue weighted by Crippen LogP contribution is -2.35. The Hall–Kier alpha value is -3.54. The van der Waals surface area contributed by atoms with Gasteiger partial charge in [0.25, 0.3) is 0 Å². The summed E-state index contributed by atoms with van der Waals surface area (Å²) in [4.78, 5) is 26.8. The van der Waals surface area contributed by atoms with Crippen LogP contribution in [0.1, 0.15) is 25.0 Å². The molecule has 0 saturated carbocycles. The Labute approximate surface area is 177 Å². The van der Waals surface area contributed by atoms with Gasteiger partial charge in [0.05, 0.1) is 37.2 Å². The van der Waals surface area contributed by atoms with E-state index in [2.05, 4.69) is 0 Å². The molecule has 0 aliphatic heterocycles. The second-order valence-corrected chi connectivity index (χ2v) is 8.53. The summed E-state index contributed by atoms with van der Waals surface area (Å²) in [5, 5.41) is 14.7. The number of hydrogen-bond donors (Lipinski definition) is 1. The molecule has 0 heterocycles. The minimum absolute atomic E-state index is 0.0280. The van der Waals surface area contributed by atoms with E-state index in [0.717, 1.165) is 21.9 Å². The molecule has 0 fully saturated rings. The first-order valence-electron chi connectivity index (χ1n) is 9.95. The predicted molar refractivity (Wildman–Crippen MR) is 119 cm³/mol. The van der Waals surface area contributed by atoms with Crippen LogP contribution in [-0.2, 0) is 5.41 Å². The van der Waals surface area contributed by atoms with Crippen LogP contribution in [0.4, 0.5) is 0 Å². The van der Waals surface area contributed by atoms with Crippen molar-refractivity contribution in [2.75, 3.05) is 21.3 Å². The van der Waals surface area contributed by atoms with Crippen molar-refractivity contribution in [1.82, 2.24) is 0 Å². The summed E-state index contributed by atoms with van der Waals surface area (Å²) >= 11 is 0. The standard InChI is InChI=1S/C25H22O6/c1-10-7-13(29-4)19-21-16(10)14(30-5)8-11-17(21)22-18(23(19)27)12(26)9-15(31-6)20(22)24(28)25(11,2)3/h7-9,28H,1-6H3. The molecule has 5 rings (SSSR count). The number of aliphatic hydroxyl groups is 1. The van der Waals surface area contributed by atoms with Crippen LogP contribution in [-0.4, -0.2) is 26.4 Å². The summed E-state index contributed by atoms with van der Waals surface area (Å²) in [6.45, 7) is 5.73. The fourth-order valence-electron chi connectivity index (χ4n) is 5.14. The highest BCUT2D eigenvalue weighted by Gasteiger charge is 2.36. The average Bonchev–Trinajstić information content (AvgIpc) is 2.74. The lowest BCUT2D eigenvalue weighted by Gasteiger charge is -2.32. The van der Waals surface area contributed by atoms with Crippen LogP contribution in [0.25, 0.3) is 27.3 Å². The van der Waals surface area contributed by atoms with E-state index in [1.807, 2.05) is 26.8 Å². The Morgan fingerprint density at radius 3 is 1.97 bits per heavy atom. The van der Waals surface area contributed by atoms with Gasteiger partial charge < -0.3 is 19.3 Å². The number of benzene rings is 2. The van der Waals surface area contributed by atoms with Crippen LogP contribution in [0.15, 0.2) is 27.8 Å². The molecule has 6 nitrogen and oxygen atoms in total. The smallest absolute Gasteiger partial charge is 0.201 e. The SMILES string of the molecule is COc1cc(=O)c2c(=O)c3c(OC)cc(C)c4c(OC)cc5c(c=2c1=C(O)C5(C)C)c43. The summed E-state index contributed by atoms with van der Waals surface area (Å²) in [6, 6.07) is 4.96. The maximum Gasteiger partial charge on any atom is 0.201 e. The number of hydrogen-bond acceptors (Lipinski definition) is 6. The number of aryl methyl sites for hydroxylation is 1. The second kappa shape index (κ2) is 6.00. The van der Waals surface area contributed by atoms with Gasteiger partial charge in [0.15, 0.2) is 5.43 Å². The molecule has 0 radical (unpaired) electrons. The summed E-state index contributed by atoms with van der Waals surface area (Å²) in [5.41, 5.74) is -0.0267. The summed E-state index contributed by atoms with van der Waals surface area (Å²) in [6.07, 6.45) is 0. The van der Waals surface area contributed by atoms with E-state index in [4.69, 9.17) is 14.2 Å². The third kappa shape index (κ3) is 2.12. The van der Waals surface area contributed by atoms with E-state index in [0.29, 0.717) is 32.7 Å². The molecule has 0 atom stereocenters. The van der Waals surface area contributed by atoms with E-state index in [-0.39, 0.29) is 16.7 Å². The molecule has 2 aromatic carbocycles. The lowest BCUT2D eigenvalue weighted by atomic mass is 9.73. The zero-order valence-corrected chi connectivity index (χ0v) is 18.2. The van der Waals surface area contributed by atoms with Gasteiger partial charge in [0.1, 0.15) is 23.0 Å². The van der Waals surface area contributed by atoms with Crippen molar-refractivity contribution in [3.8, 4) is 17.2 Å². The molecule has 2 aromatic rings. The first-order chi connectivity index (χ1) is 14.7. The molecule has 6 heteroatoms. The van der Waals surface area contributed by atoms with Crippen LogP contribution in [0.5, 0.6) is 17.2 Å². The number of methoxy groups -OCH3 is 3. The Bertz CT molecular complexity index is 1670. The number of aliphatic hydroxyl groups excluding tert-OH is 1. The van der Waals surface area contributed by atoms with Crippen molar-refractivity contribution in [2.24, 2.45) is 0 Å². The highest BCUT2D eigenvalue weighted by atomic mass is 16.5. The molecule has 3 aliphatic rings. The third-order valence-electron chi connectivity index (χ3n) is 6.65. The molecule has 0 spiro atoms. The van der Waals surface area contributed by atoms with Gasteiger partial charge in [-0.1, -0.05) is 0 Å². The van der Waals surface area contributed by atoms with Gasteiger partial charge in [-0.3, -0.25) is 9.59 Å². The molecular weight excluding hydrogens is 396 g/mol. The van der Waals surface area contributed by atoms with Crippen molar-refractivity contribution in [1.29, 1.82) is 0 Å². The molecule has 0 amide bonds. The van der Waals surface area contributed by atoms with Crippen LogP contribution in [0.3, 0.4) is 0 Å². The Morgan fingerprint density at radius 1 is 0.742 bits per heavy atom. The highest BCUT2D eigenvalue weighted by Crippen LogP contribution is 2.47. The van der Waals surface area contributed by atoms with Gasteiger partial charge in [-0.05, 0) is 49.4 Å². The van der Waals surface area contributed by atoms with Gasteiger partial charge >= 0.3 is 0 Å². The summed E-state index contributed by atoms with van der Waals surface area (Å²) < 4.78 is 16.8. The highest BCUT2D eigenvalue weighted by molar-refractivity contribution is 6.17. The van der Waals surface area contributed by atoms with E-state index < -0.39 is 16.3 Å². The predicted octanol–water partition coefficient (Wildman–Crippen LogP) is 2.89. The Morgan fingerprint density at radius 2 is 1.35 bits per heavy atom. The Kier molecular flexibility index (Phi) is 3.76. The summed E-state index contributed by atoms with van der Waals surface area (Å²) in [7, 11) is 4.53. The van der Waals surface area contributed by atoms with Crippen LogP contribution < -0.4 is 30.3 Å². The van der Waals surface area contributed by atoms with E-state index >= 15 is 0 Å². The fraction of sp³-hybridized carbons (Fsp3) is 0.280. The van der Waals surface area contributed by atoms with Crippen LogP contribution >= 0.6 is 0 Å². The van der Waals surface area contributed by atoms with Gasteiger partial charge in [-0.2, -0.15) is 0 Å². The first kappa shape index (κ1) is 19.4. The molecule has 0 saturated heterocycles. The third-order valence-corrected chi connectivity index (χ3v) is 6.65. The van der Waals surface area contributed by atoms with Crippen molar-refractivity contribution < 1.29 is 19.3 Å². The molecular formula is C25H22O6. The average molecular weight is 418 g/mol. The lowest BCUT2D eigenvalue weighted by molar-refractivity contribution is 0.388. The van der Waals surface area contributed by atoms with Gasteiger partial charge in [-0.25, -0.2) is 0 Å². The normalized spacial score (nSPS) is 14.7. The maximum atomic E-state index is 13.7. The van der Waals surface area contributed by atoms with Gasteiger partial charge in [-0.15, -0.1) is 0 Å². The monoisotopic (exact) mass is 418 g/mol. The van der Waals surface area contributed by atoms with Crippen LogP contribution in [0.2, 0.25) is 0 Å².